The summed E-state index contributed by atoms with van der Waals surface area (Å²) in [5.74, 6) is 0. The van der Waals surface area contributed by atoms with E-state index < -0.39 is 0 Å². The zero-order valence-electron chi connectivity index (χ0n) is 7.60. The molecule has 72 valence electrons. The largest absolute Gasteiger partial charge is 0.393 e. The molecule has 2 rings (SSSR count). The number of aliphatic hydroxyl groups is 1. The summed E-state index contributed by atoms with van der Waals surface area (Å²) in [5, 5.41) is 18.4. The van der Waals surface area contributed by atoms with Gasteiger partial charge in [0.25, 0.3) is 0 Å². The molecule has 1 saturated carbocycles. The van der Waals surface area contributed by atoms with Crippen molar-refractivity contribution < 1.29 is 5.11 Å². The van der Waals surface area contributed by atoms with Crippen molar-refractivity contribution in [2.24, 2.45) is 0 Å². The fourth-order valence-electron chi connectivity index (χ4n) is 1.70. The van der Waals surface area contributed by atoms with Crippen molar-refractivity contribution in [2.45, 2.75) is 25.4 Å². The number of aromatic nitrogens is 1. The fourth-order valence-corrected chi connectivity index (χ4v) is 2.37. The van der Waals surface area contributed by atoms with Crippen LogP contribution in [0.5, 0.6) is 0 Å². The van der Waals surface area contributed by atoms with Crippen molar-refractivity contribution in [3.63, 3.8) is 0 Å². The van der Waals surface area contributed by atoms with E-state index in [1.54, 1.807) is 11.7 Å². The van der Waals surface area contributed by atoms with Crippen molar-refractivity contribution in [3.05, 3.63) is 22.2 Å². The molecule has 4 heteroatoms. The number of hydrogen-bond acceptors (Lipinski definition) is 4. The second-order valence-electron chi connectivity index (χ2n) is 3.35. The molecule has 1 N–H and O–H groups in total. The first kappa shape index (κ1) is 9.38. The Balaban J connectivity index is 2.35. The molecule has 0 spiro atoms. The Morgan fingerprint density at radius 2 is 2.57 bits per heavy atom. The third-order valence-corrected chi connectivity index (χ3v) is 3.20. The van der Waals surface area contributed by atoms with Gasteiger partial charge in [0.1, 0.15) is 6.07 Å². The van der Waals surface area contributed by atoms with E-state index in [1.807, 2.05) is 0 Å². The van der Waals surface area contributed by atoms with Crippen LogP contribution in [0.4, 0.5) is 0 Å². The molecule has 1 aliphatic carbocycles. The van der Waals surface area contributed by atoms with E-state index in [0.29, 0.717) is 12.0 Å². The van der Waals surface area contributed by atoms with Crippen LogP contribution < -0.4 is 0 Å². The highest BCUT2D eigenvalue weighted by molar-refractivity contribution is 7.10. The minimum Gasteiger partial charge on any atom is -0.393 e. The van der Waals surface area contributed by atoms with Crippen LogP contribution in [0.2, 0.25) is 0 Å². The molecule has 1 fully saturated rings. The summed E-state index contributed by atoms with van der Waals surface area (Å²) < 4.78 is 0. The van der Waals surface area contributed by atoms with Gasteiger partial charge in [0.2, 0.25) is 0 Å². The zero-order valence-corrected chi connectivity index (χ0v) is 8.42. The number of nitrogens with zero attached hydrogens (tertiary/aromatic N) is 2. The van der Waals surface area contributed by atoms with E-state index in [-0.39, 0.29) is 6.10 Å². The second kappa shape index (κ2) is 3.91. The third kappa shape index (κ3) is 1.69. The van der Waals surface area contributed by atoms with Crippen molar-refractivity contribution in [1.82, 2.24) is 4.98 Å². The van der Waals surface area contributed by atoms with Gasteiger partial charge in [0.15, 0.2) is 0 Å². The SMILES string of the molecule is N#C/C(=C1/CCC(O)C1)c1cncs1. The van der Waals surface area contributed by atoms with Gasteiger partial charge in [0, 0.05) is 6.20 Å². The van der Waals surface area contributed by atoms with Gasteiger partial charge in [-0.25, -0.2) is 0 Å². The lowest BCUT2D eigenvalue weighted by molar-refractivity contribution is 0.186. The van der Waals surface area contributed by atoms with Gasteiger partial charge in [-0.3, -0.25) is 4.98 Å². The van der Waals surface area contributed by atoms with Crippen molar-refractivity contribution >= 4 is 16.9 Å². The molecule has 1 aliphatic rings. The van der Waals surface area contributed by atoms with E-state index >= 15 is 0 Å². The quantitative estimate of drug-likeness (QED) is 0.715. The molecular weight excluding hydrogens is 196 g/mol. The molecule has 0 bridgehead atoms. The van der Waals surface area contributed by atoms with Gasteiger partial charge < -0.3 is 5.11 Å². The molecule has 0 radical (unpaired) electrons. The van der Waals surface area contributed by atoms with Crippen LogP contribution in [0.25, 0.3) is 5.57 Å². The average Bonchev–Trinajstić information content (AvgIpc) is 2.79. The molecule has 1 aromatic heterocycles. The van der Waals surface area contributed by atoms with Crippen LogP contribution in [-0.2, 0) is 0 Å². The van der Waals surface area contributed by atoms with Crippen molar-refractivity contribution in [1.29, 1.82) is 5.26 Å². The van der Waals surface area contributed by atoms with Gasteiger partial charge in [-0.15, -0.1) is 11.3 Å². The van der Waals surface area contributed by atoms with E-state index in [1.165, 1.54) is 11.3 Å². The van der Waals surface area contributed by atoms with Crippen molar-refractivity contribution in [2.75, 3.05) is 0 Å². The van der Waals surface area contributed by atoms with Crippen LogP contribution in [0.15, 0.2) is 17.3 Å². The average molecular weight is 206 g/mol. The van der Waals surface area contributed by atoms with Gasteiger partial charge in [0.05, 0.1) is 22.1 Å². The fraction of sp³-hybridized carbons (Fsp3) is 0.400. The van der Waals surface area contributed by atoms with Gasteiger partial charge in [-0.1, -0.05) is 0 Å². The first-order chi connectivity index (χ1) is 6.81. The molecule has 0 saturated heterocycles. The third-order valence-electron chi connectivity index (χ3n) is 2.41. The Morgan fingerprint density at radius 1 is 1.71 bits per heavy atom. The Bertz CT molecular complexity index is 389. The predicted octanol–water partition coefficient (Wildman–Crippen LogP) is 1.97. The van der Waals surface area contributed by atoms with Crippen LogP contribution >= 0.6 is 11.3 Å². The summed E-state index contributed by atoms with van der Waals surface area (Å²) in [6.45, 7) is 0. The normalized spacial score (nSPS) is 24.7. The summed E-state index contributed by atoms with van der Waals surface area (Å²) in [5.41, 5.74) is 3.51. The maximum atomic E-state index is 9.39. The molecule has 1 aromatic rings. The van der Waals surface area contributed by atoms with E-state index in [9.17, 15) is 5.11 Å². The number of rotatable bonds is 1. The molecular formula is C10H10N2OS. The van der Waals surface area contributed by atoms with Crippen LogP contribution in [0.1, 0.15) is 24.1 Å². The Kier molecular flexibility index (Phi) is 2.62. The minimum absolute atomic E-state index is 0.263. The first-order valence-electron chi connectivity index (χ1n) is 4.50. The van der Waals surface area contributed by atoms with Gasteiger partial charge in [-0.05, 0) is 24.8 Å². The Hall–Kier alpha value is -1.18. The highest BCUT2D eigenvalue weighted by Gasteiger charge is 2.21. The topological polar surface area (TPSA) is 56.9 Å². The van der Waals surface area contributed by atoms with Crippen LogP contribution in [0.3, 0.4) is 0 Å². The molecule has 1 unspecified atom stereocenters. The molecule has 1 heterocycles. The number of thiazole rings is 1. The highest BCUT2D eigenvalue weighted by atomic mass is 32.1. The monoisotopic (exact) mass is 206 g/mol. The molecule has 0 aliphatic heterocycles. The standard InChI is InChI=1S/C10H10N2OS/c11-4-9(10-5-12-6-14-10)7-1-2-8(13)3-7/h5-6,8,13H,1-3H2/b9-7+. The highest BCUT2D eigenvalue weighted by Crippen LogP contribution is 2.32. The number of allylic oxidation sites excluding steroid dienone is 1. The van der Waals surface area contributed by atoms with Crippen LogP contribution in [0, 0.1) is 11.3 Å². The molecule has 14 heavy (non-hydrogen) atoms. The Labute approximate surface area is 86.3 Å². The van der Waals surface area contributed by atoms with E-state index in [2.05, 4.69) is 11.1 Å². The molecule has 3 nitrogen and oxygen atoms in total. The summed E-state index contributed by atoms with van der Waals surface area (Å²) in [6.07, 6.45) is 3.70. The van der Waals surface area contributed by atoms with Gasteiger partial charge >= 0.3 is 0 Å². The maximum absolute atomic E-state index is 9.39. The lowest BCUT2D eigenvalue weighted by Gasteiger charge is -1.99. The molecule has 0 aromatic carbocycles. The lowest BCUT2D eigenvalue weighted by atomic mass is 10.1. The smallest absolute Gasteiger partial charge is 0.101 e. The number of hydrogen-bond donors (Lipinski definition) is 1. The molecule has 0 amide bonds. The van der Waals surface area contributed by atoms with Gasteiger partial charge in [-0.2, -0.15) is 5.26 Å². The minimum atomic E-state index is -0.263. The lowest BCUT2D eigenvalue weighted by Crippen LogP contribution is -1.96. The second-order valence-corrected chi connectivity index (χ2v) is 4.24. The zero-order chi connectivity index (χ0) is 9.97. The number of nitriles is 1. The van der Waals surface area contributed by atoms with Crippen molar-refractivity contribution in [3.8, 4) is 6.07 Å². The summed E-state index contributed by atoms with van der Waals surface area (Å²) in [7, 11) is 0. The van der Waals surface area contributed by atoms with E-state index in [0.717, 1.165) is 23.3 Å². The number of aliphatic hydroxyl groups excluding tert-OH is 1. The summed E-state index contributed by atoms with van der Waals surface area (Å²) >= 11 is 1.47. The Morgan fingerprint density at radius 3 is 3.07 bits per heavy atom. The van der Waals surface area contributed by atoms with E-state index in [4.69, 9.17) is 5.26 Å². The maximum Gasteiger partial charge on any atom is 0.101 e. The first-order valence-corrected chi connectivity index (χ1v) is 5.38. The van der Waals surface area contributed by atoms with Crippen LogP contribution in [-0.4, -0.2) is 16.2 Å². The summed E-state index contributed by atoms with van der Waals surface area (Å²) in [6, 6.07) is 2.21. The summed E-state index contributed by atoms with van der Waals surface area (Å²) in [4.78, 5) is 4.87. The molecule has 1 atom stereocenters. The predicted molar refractivity (Wildman–Crippen MR) is 54.5 cm³/mol.